The van der Waals surface area contributed by atoms with Gasteiger partial charge in [0.05, 0.1) is 0 Å². The molecule has 0 heterocycles. The first-order valence-corrected chi connectivity index (χ1v) is 7.78. The minimum Gasteiger partial charge on any atom is -0.326 e. The number of nitrogens with one attached hydrogen (secondary N) is 1. The zero-order chi connectivity index (χ0) is 14.0. The van der Waals surface area contributed by atoms with Gasteiger partial charge in [-0.2, -0.15) is 0 Å². The molecule has 2 aliphatic carbocycles. The molecule has 1 amide bonds. The maximum absolute atomic E-state index is 12.1. The molecule has 0 radical (unpaired) electrons. The van der Waals surface area contributed by atoms with E-state index in [1.807, 2.05) is 24.3 Å². The summed E-state index contributed by atoms with van der Waals surface area (Å²) in [6, 6.07) is 7.79. The highest BCUT2D eigenvalue weighted by molar-refractivity contribution is 5.90. The summed E-state index contributed by atoms with van der Waals surface area (Å²) in [7, 11) is 0. The number of amides is 1. The number of hydrogen-bond acceptors (Lipinski definition) is 2. The molecule has 0 spiro atoms. The maximum Gasteiger partial charge on any atom is 0.224 e. The van der Waals surface area contributed by atoms with Crippen LogP contribution in [0.15, 0.2) is 24.3 Å². The summed E-state index contributed by atoms with van der Waals surface area (Å²) in [5.41, 5.74) is 8.03. The van der Waals surface area contributed by atoms with Gasteiger partial charge < -0.3 is 11.1 Å². The quantitative estimate of drug-likeness (QED) is 0.862. The van der Waals surface area contributed by atoms with Gasteiger partial charge in [0, 0.05) is 18.7 Å². The van der Waals surface area contributed by atoms with E-state index in [1.165, 1.54) is 32.1 Å². The van der Waals surface area contributed by atoms with E-state index in [0.717, 1.165) is 23.6 Å². The largest absolute Gasteiger partial charge is 0.326 e. The van der Waals surface area contributed by atoms with Gasteiger partial charge in [-0.15, -0.1) is 0 Å². The van der Waals surface area contributed by atoms with Gasteiger partial charge in [0.2, 0.25) is 5.91 Å². The molecule has 0 unspecified atom stereocenters. The third-order valence-electron chi connectivity index (χ3n) is 5.24. The number of carbonyl (C=O) groups excluding carboxylic acids is 1. The number of hydrogen-bond donors (Lipinski definition) is 2. The van der Waals surface area contributed by atoms with Gasteiger partial charge in [-0.05, 0) is 67.6 Å². The smallest absolute Gasteiger partial charge is 0.224 e. The second kappa shape index (κ2) is 5.57. The van der Waals surface area contributed by atoms with E-state index in [4.69, 9.17) is 5.73 Å². The van der Waals surface area contributed by atoms with Crippen molar-refractivity contribution in [3.05, 3.63) is 29.8 Å². The van der Waals surface area contributed by atoms with Crippen LogP contribution in [0.25, 0.3) is 0 Å². The summed E-state index contributed by atoms with van der Waals surface area (Å²) in [5.74, 6) is 1.11. The molecular weight excluding hydrogens is 248 g/mol. The van der Waals surface area contributed by atoms with Crippen LogP contribution in [-0.2, 0) is 11.3 Å². The summed E-state index contributed by atoms with van der Waals surface area (Å²) < 4.78 is 0. The molecule has 2 saturated carbocycles. The van der Waals surface area contributed by atoms with Crippen molar-refractivity contribution in [3.63, 3.8) is 0 Å². The number of benzene rings is 1. The molecule has 3 rings (SSSR count). The molecule has 0 aliphatic heterocycles. The van der Waals surface area contributed by atoms with E-state index in [-0.39, 0.29) is 5.91 Å². The van der Waals surface area contributed by atoms with Gasteiger partial charge in [-0.25, -0.2) is 0 Å². The van der Waals surface area contributed by atoms with Crippen LogP contribution in [0, 0.1) is 11.3 Å². The maximum atomic E-state index is 12.1. The topological polar surface area (TPSA) is 55.1 Å². The fourth-order valence-electron chi connectivity index (χ4n) is 3.99. The summed E-state index contributed by atoms with van der Waals surface area (Å²) >= 11 is 0. The molecule has 20 heavy (non-hydrogen) atoms. The minimum atomic E-state index is 0.148. The average Bonchev–Trinajstić information content (AvgIpc) is 3.07. The van der Waals surface area contributed by atoms with Gasteiger partial charge in [-0.3, -0.25) is 4.79 Å². The van der Waals surface area contributed by atoms with Crippen molar-refractivity contribution >= 4 is 11.6 Å². The predicted molar refractivity (Wildman–Crippen MR) is 81.2 cm³/mol. The Bertz CT molecular complexity index is 472. The van der Waals surface area contributed by atoms with Crippen molar-refractivity contribution in [3.8, 4) is 0 Å². The summed E-state index contributed by atoms with van der Waals surface area (Å²) in [6.45, 7) is 0.540. The molecular formula is C17H24N2O. The number of fused-ring (bicyclic) bond motifs is 2. The zero-order valence-electron chi connectivity index (χ0n) is 12.0. The van der Waals surface area contributed by atoms with E-state index in [2.05, 4.69) is 5.32 Å². The molecule has 1 aromatic carbocycles. The van der Waals surface area contributed by atoms with Crippen LogP contribution in [-0.4, -0.2) is 5.91 Å². The molecule has 2 bridgehead atoms. The number of nitrogens with two attached hydrogens (primary N) is 1. The van der Waals surface area contributed by atoms with Gasteiger partial charge in [0.1, 0.15) is 0 Å². The van der Waals surface area contributed by atoms with Crippen molar-refractivity contribution < 1.29 is 4.79 Å². The number of carbonyl (C=O) groups is 1. The molecule has 1 aromatic rings. The highest BCUT2D eigenvalue weighted by Crippen LogP contribution is 2.56. The van der Waals surface area contributed by atoms with Crippen molar-refractivity contribution in [2.45, 2.75) is 51.5 Å². The number of anilines is 1. The minimum absolute atomic E-state index is 0.148. The Morgan fingerprint density at radius 2 is 1.95 bits per heavy atom. The lowest BCUT2D eigenvalue weighted by atomic mass is 9.80. The Hall–Kier alpha value is -1.35. The number of rotatable bonds is 5. The summed E-state index contributed by atoms with van der Waals surface area (Å²) in [5, 5.41) is 2.99. The second-order valence-corrected chi connectivity index (χ2v) is 6.60. The van der Waals surface area contributed by atoms with E-state index in [1.54, 1.807) is 0 Å². The molecule has 0 aromatic heterocycles. The van der Waals surface area contributed by atoms with E-state index in [9.17, 15) is 4.79 Å². The standard InChI is InChI=1S/C17H24N2O/c18-12-14-1-3-15(4-2-14)19-16(20)7-10-17-8-5-13(11-17)6-9-17/h1-4,13H,5-12,18H2,(H,19,20). The van der Waals surface area contributed by atoms with E-state index in [0.29, 0.717) is 18.4 Å². The van der Waals surface area contributed by atoms with Crippen LogP contribution in [0.4, 0.5) is 5.69 Å². The molecule has 3 nitrogen and oxygen atoms in total. The second-order valence-electron chi connectivity index (χ2n) is 6.60. The van der Waals surface area contributed by atoms with Gasteiger partial charge in [0.15, 0.2) is 0 Å². The molecule has 0 atom stereocenters. The van der Waals surface area contributed by atoms with Gasteiger partial charge in [0.25, 0.3) is 0 Å². The Kier molecular flexibility index (Phi) is 3.79. The normalized spacial score (nSPS) is 27.8. The van der Waals surface area contributed by atoms with Crippen molar-refractivity contribution in [2.24, 2.45) is 17.1 Å². The lowest BCUT2D eigenvalue weighted by Crippen LogP contribution is -2.19. The van der Waals surface area contributed by atoms with E-state index < -0.39 is 0 Å². The third kappa shape index (κ3) is 2.88. The van der Waals surface area contributed by atoms with Gasteiger partial charge in [-0.1, -0.05) is 12.1 Å². The van der Waals surface area contributed by atoms with Crippen LogP contribution in [0.2, 0.25) is 0 Å². The van der Waals surface area contributed by atoms with Crippen LogP contribution in [0.1, 0.15) is 50.5 Å². The molecule has 3 heteroatoms. The first-order valence-electron chi connectivity index (χ1n) is 7.78. The summed E-state index contributed by atoms with van der Waals surface area (Å²) in [4.78, 5) is 12.1. The lowest BCUT2D eigenvalue weighted by molar-refractivity contribution is -0.116. The van der Waals surface area contributed by atoms with Gasteiger partial charge >= 0.3 is 0 Å². The Morgan fingerprint density at radius 3 is 2.50 bits per heavy atom. The SMILES string of the molecule is NCc1ccc(NC(=O)CCC23CCC(CC2)C3)cc1. The van der Waals surface area contributed by atoms with Crippen LogP contribution >= 0.6 is 0 Å². The fraction of sp³-hybridized carbons (Fsp3) is 0.588. The Morgan fingerprint density at radius 1 is 1.25 bits per heavy atom. The fourth-order valence-corrected chi connectivity index (χ4v) is 3.99. The predicted octanol–water partition coefficient (Wildman–Crippen LogP) is 3.44. The van der Waals surface area contributed by atoms with Crippen LogP contribution in [0.3, 0.4) is 0 Å². The molecule has 108 valence electrons. The lowest BCUT2D eigenvalue weighted by Gasteiger charge is -2.25. The Labute approximate surface area is 120 Å². The Balaban J connectivity index is 1.49. The van der Waals surface area contributed by atoms with Crippen molar-refractivity contribution in [1.29, 1.82) is 0 Å². The third-order valence-corrected chi connectivity index (χ3v) is 5.24. The van der Waals surface area contributed by atoms with Crippen LogP contribution in [0.5, 0.6) is 0 Å². The molecule has 2 aliphatic rings. The highest BCUT2D eigenvalue weighted by atomic mass is 16.1. The first kappa shape index (κ1) is 13.6. The zero-order valence-corrected chi connectivity index (χ0v) is 12.0. The molecule has 0 saturated heterocycles. The molecule has 2 fully saturated rings. The van der Waals surface area contributed by atoms with E-state index >= 15 is 0 Å². The molecule has 3 N–H and O–H groups in total. The monoisotopic (exact) mass is 272 g/mol. The highest BCUT2D eigenvalue weighted by Gasteiger charge is 2.44. The van der Waals surface area contributed by atoms with Crippen LogP contribution < -0.4 is 11.1 Å². The summed E-state index contributed by atoms with van der Waals surface area (Å²) in [6.07, 6.45) is 8.56. The van der Waals surface area contributed by atoms with Crippen molar-refractivity contribution in [1.82, 2.24) is 0 Å². The average molecular weight is 272 g/mol. The van der Waals surface area contributed by atoms with Crippen molar-refractivity contribution in [2.75, 3.05) is 5.32 Å². The first-order chi connectivity index (χ1) is 9.69.